The highest BCUT2D eigenvalue weighted by Crippen LogP contribution is 2.31. The fourth-order valence-electron chi connectivity index (χ4n) is 1.62. The van der Waals surface area contributed by atoms with Crippen LogP contribution in [0, 0.1) is 6.92 Å². The minimum absolute atomic E-state index is 0.282. The van der Waals surface area contributed by atoms with E-state index in [4.69, 9.17) is 16.0 Å². The summed E-state index contributed by atoms with van der Waals surface area (Å²) < 4.78 is 6.17. The number of hydrogen-bond acceptors (Lipinski definition) is 2. The number of hydrogen-bond donors (Lipinski definition) is 0. The van der Waals surface area contributed by atoms with Gasteiger partial charge in [0.25, 0.3) is 0 Å². The van der Waals surface area contributed by atoms with Gasteiger partial charge in [-0.3, -0.25) is 0 Å². The summed E-state index contributed by atoms with van der Waals surface area (Å²) in [6.07, 6.45) is 1.81. The van der Waals surface area contributed by atoms with Gasteiger partial charge >= 0.3 is 0 Å². The Labute approximate surface area is 112 Å². The van der Waals surface area contributed by atoms with E-state index in [0.717, 1.165) is 11.1 Å². The highest BCUT2D eigenvalue weighted by Gasteiger charge is 2.26. The Morgan fingerprint density at radius 3 is 2.35 bits per heavy atom. The van der Waals surface area contributed by atoms with Crippen LogP contribution in [0.5, 0.6) is 0 Å². The largest absolute Gasteiger partial charge is 0.415 e. The third-order valence-electron chi connectivity index (χ3n) is 2.58. The van der Waals surface area contributed by atoms with Crippen LogP contribution in [0.3, 0.4) is 0 Å². The monoisotopic (exact) mass is 271 g/mol. The molecule has 0 saturated carbocycles. The predicted octanol–water partition coefficient (Wildman–Crippen LogP) is 3.60. The molecular weight excluding hydrogens is 250 g/mol. The fourth-order valence-corrected chi connectivity index (χ4v) is 2.73. The Bertz CT molecular complexity index is 399. The quantitative estimate of drug-likeness (QED) is 0.619. The van der Waals surface area contributed by atoms with Gasteiger partial charge in [-0.1, -0.05) is 32.4 Å². The second kappa shape index (κ2) is 5.08. The van der Waals surface area contributed by atoms with E-state index >= 15 is 0 Å². The van der Waals surface area contributed by atoms with Gasteiger partial charge in [-0.15, -0.1) is 0 Å². The molecule has 1 rings (SSSR count). The third kappa shape index (κ3) is 4.41. The normalized spacial score (nSPS) is 13.6. The van der Waals surface area contributed by atoms with Crippen molar-refractivity contribution in [2.75, 3.05) is 0 Å². The van der Waals surface area contributed by atoms with Crippen LogP contribution in [-0.2, 0) is 10.0 Å². The summed E-state index contributed by atoms with van der Waals surface area (Å²) in [5.41, 5.74) is 1.98. The van der Waals surface area contributed by atoms with Gasteiger partial charge in [0.2, 0.25) is 0 Å². The average molecular weight is 272 g/mol. The minimum Gasteiger partial charge on any atom is -0.415 e. The van der Waals surface area contributed by atoms with Gasteiger partial charge in [0.05, 0.1) is 5.60 Å². The Kier molecular flexibility index (Phi) is 4.39. The molecule has 0 radical (unpaired) electrons. The fraction of sp³-hybridized carbons (Fsp3) is 0.615. The van der Waals surface area contributed by atoms with E-state index in [2.05, 4.69) is 39.6 Å². The first-order valence-corrected chi connectivity index (χ1v) is 7.55. The number of pyridine rings is 1. The van der Waals surface area contributed by atoms with Gasteiger partial charge in [0.1, 0.15) is 5.15 Å². The number of rotatable bonds is 3. The summed E-state index contributed by atoms with van der Waals surface area (Å²) in [6.45, 7) is 12.9. The molecule has 96 valence electrons. The lowest BCUT2D eigenvalue weighted by Crippen LogP contribution is -2.28. The smallest absolute Gasteiger partial charge is 0.168 e. The first-order valence-electron chi connectivity index (χ1n) is 5.88. The second-order valence-electron chi connectivity index (χ2n) is 6.18. The van der Waals surface area contributed by atoms with Crippen LogP contribution in [0.25, 0.3) is 0 Å². The maximum atomic E-state index is 6.17. The van der Waals surface area contributed by atoms with Gasteiger partial charge in [-0.2, -0.15) is 0 Å². The zero-order valence-corrected chi connectivity index (χ0v) is 13.8. The van der Waals surface area contributed by atoms with Crippen molar-refractivity contribution in [3.05, 3.63) is 28.5 Å². The van der Waals surface area contributed by atoms with Crippen LogP contribution in [0.4, 0.5) is 0 Å². The van der Waals surface area contributed by atoms with Gasteiger partial charge < -0.3 is 4.43 Å². The summed E-state index contributed by atoms with van der Waals surface area (Å²) in [5.74, 6) is 0. The molecular formula is C13H22ClNOSi. The Balaban J connectivity index is 2.92. The molecule has 0 amide bonds. The molecule has 0 aliphatic rings. The van der Waals surface area contributed by atoms with Gasteiger partial charge in [-0.25, -0.2) is 4.98 Å². The van der Waals surface area contributed by atoms with Crippen molar-refractivity contribution in [2.24, 2.45) is 0 Å². The summed E-state index contributed by atoms with van der Waals surface area (Å²) in [6, 6.07) is 1.91. The topological polar surface area (TPSA) is 22.1 Å². The van der Waals surface area contributed by atoms with Gasteiger partial charge in [0.15, 0.2) is 9.76 Å². The number of nitrogens with zero attached hydrogens (tertiary/aromatic N) is 1. The van der Waals surface area contributed by atoms with Crippen molar-refractivity contribution < 1.29 is 4.43 Å². The molecule has 2 nitrogen and oxygen atoms in total. The second-order valence-corrected chi connectivity index (χ2v) is 9.27. The zero-order chi connectivity index (χ0) is 13.3. The van der Waals surface area contributed by atoms with Crippen molar-refractivity contribution in [2.45, 2.75) is 52.2 Å². The molecule has 0 aromatic carbocycles. The minimum atomic E-state index is -0.590. The van der Waals surface area contributed by atoms with E-state index in [9.17, 15) is 0 Å². The first kappa shape index (κ1) is 14.7. The molecule has 1 aromatic rings. The molecule has 0 aliphatic heterocycles. The highest BCUT2D eigenvalue weighted by molar-refractivity contribution is 6.32. The first-order chi connectivity index (χ1) is 7.62. The van der Waals surface area contributed by atoms with Gasteiger partial charge in [0, 0.05) is 6.20 Å². The molecule has 0 bridgehead atoms. The van der Waals surface area contributed by atoms with Crippen molar-refractivity contribution in [3.8, 4) is 0 Å². The molecule has 4 heteroatoms. The number of halogens is 1. The predicted molar refractivity (Wildman–Crippen MR) is 76.4 cm³/mol. The van der Waals surface area contributed by atoms with E-state index in [-0.39, 0.29) is 5.60 Å². The lowest BCUT2D eigenvalue weighted by molar-refractivity contribution is 0.108. The molecule has 0 unspecified atom stereocenters. The molecule has 1 aromatic heterocycles. The molecule has 0 N–H and O–H groups in total. The molecule has 0 atom stereocenters. The SMILES string of the molecule is Cc1cnc(Cl)cc1C(C)(C)O[SiH2]C(C)(C)C. The van der Waals surface area contributed by atoms with Crippen molar-refractivity contribution in [1.29, 1.82) is 0 Å². The zero-order valence-electron chi connectivity index (χ0n) is 11.6. The maximum absolute atomic E-state index is 6.17. The number of aryl methyl sites for hydroxylation is 1. The van der Waals surface area contributed by atoms with Crippen LogP contribution in [0.1, 0.15) is 45.7 Å². The van der Waals surface area contributed by atoms with Crippen molar-refractivity contribution in [3.63, 3.8) is 0 Å². The standard InChI is InChI=1S/C13H22ClNOSi/c1-9-8-15-11(14)7-10(9)13(5,6)16-17-12(2,3)4/h7-8H,17H2,1-6H3. The van der Waals surface area contributed by atoms with E-state index in [0.29, 0.717) is 10.2 Å². The van der Waals surface area contributed by atoms with E-state index < -0.39 is 9.76 Å². The van der Waals surface area contributed by atoms with E-state index in [1.54, 1.807) is 6.20 Å². The summed E-state index contributed by atoms with van der Waals surface area (Å²) in [4.78, 5) is 4.08. The molecule has 0 saturated heterocycles. The van der Waals surface area contributed by atoms with E-state index in [1.807, 2.05) is 13.0 Å². The molecule has 0 spiro atoms. The highest BCUT2D eigenvalue weighted by atomic mass is 35.5. The summed E-state index contributed by atoms with van der Waals surface area (Å²) >= 11 is 5.96. The maximum Gasteiger partial charge on any atom is 0.168 e. The summed E-state index contributed by atoms with van der Waals surface area (Å²) in [7, 11) is -0.590. The van der Waals surface area contributed by atoms with Crippen LogP contribution in [0.15, 0.2) is 12.3 Å². The van der Waals surface area contributed by atoms with Crippen molar-refractivity contribution >= 4 is 21.4 Å². The van der Waals surface area contributed by atoms with Crippen molar-refractivity contribution in [1.82, 2.24) is 4.98 Å². The van der Waals surface area contributed by atoms with Gasteiger partial charge in [-0.05, 0) is 43.0 Å². The Morgan fingerprint density at radius 1 is 1.24 bits per heavy atom. The van der Waals surface area contributed by atoms with E-state index in [1.165, 1.54) is 0 Å². The lowest BCUT2D eigenvalue weighted by atomic mass is 9.96. The van der Waals surface area contributed by atoms with Crippen LogP contribution in [0.2, 0.25) is 10.2 Å². The Hall–Kier alpha value is -0.383. The van der Waals surface area contributed by atoms with Crippen LogP contribution < -0.4 is 0 Å². The third-order valence-corrected chi connectivity index (χ3v) is 4.52. The lowest BCUT2D eigenvalue weighted by Gasteiger charge is -2.31. The number of aromatic nitrogens is 1. The summed E-state index contributed by atoms with van der Waals surface area (Å²) in [5, 5.41) is 0.821. The molecule has 1 heterocycles. The average Bonchev–Trinajstić information content (AvgIpc) is 2.18. The molecule has 0 fully saturated rings. The van der Waals surface area contributed by atoms with Crippen LogP contribution >= 0.6 is 11.6 Å². The Morgan fingerprint density at radius 2 is 1.82 bits per heavy atom. The molecule has 17 heavy (non-hydrogen) atoms. The molecule has 0 aliphatic carbocycles. The van der Waals surface area contributed by atoms with Crippen LogP contribution in [-0.4, -0.2) is 14.7 Å².